The van der Waals surface area contributed by atoms with Crippen molar-refractivity contribution in [1.82, 2.24) is 0 Å². The Morgan fingerprint density at radius 3 is 1.41 bits per heavy atom. The van der Waals surface area contributed by atoms with Crippen molar-refractivity contribution in [3.05, 3.63) is 0 Å². The molecule has 0 bridgehead atoms. The lowest BCUT2D eigenvalue weighted by molar-refractivity contribution is -0.108. The van der Waals surface area contributed by atoms with Crippen LogP contribution in [0.2, 0.25) is 0 Å². The Bertz CT molecular complexity index is 144. The first-order valence-electron chi connectivity index (χ1n) is 7.20. The molecular weight excluding hydrogens is 212 g/mol. The Hall–Kier alpha value is -0.660. The van der Waals surface area contributed by atoms with Gasteiger partial charge in [0.1, 0.15) is 12.6 Å². The molecular formula is C15H30O2. The van der Waals surface area contributed by atoms with Gasteiger partial charge >= 0.3 is 0 Å². The van der Waals surface area contributed by atoms with Crippen LogP contribution in [0.15, 0.2) is 0 Å². The van der Waals surface area contributed by atoms with E-state index in [1.807, 2.05) is 0 Å². The molecule has 0 saturated carbocycles. The minimum absolute atomic E-state index is 0.744. The van der Waals surface area contributed by atoms with Crippen LogP contribution in [0.5, 0.6) is 0 Å². The van der Waals surface area contributed by atoms with E-state index >= 15 is 0 Å². The van der Waals surface area contributed by atoms with Crippen molar-refractivity contribution < 1.29 is 9.59 Å². The molecule has 17 heavy (non-hydrogen) atoms. The van der Waals surface area contributed by atoms with Crippen molar-refractivity contribution in [2.24, 2.45) is 0 Å². The molecule has 0 aromatic rings. The molecule has 0 amide bonds. The maximum Gasteiger partial charge on any atom is 0.119 e. The van der Waals surface area contributed by atoms with E-state index in [0.29, 0.717) is 0 Å². The summed E-state index contributed by atoms with van der Waals surface area (Å²) >= 11 is 0. The third-order valence-corrected chi connectivity index (χ3v) is 2.60. The second-order valence-corrected chi connectivity index (χ2v) is 4.39. The second kappa shape index (κ2) is 20.7. The second-order valence-electron chi connectivity index (χ2n) is 4.39. The highest BCUT2D eigenvalue weighted by Crippen LogP contribution is 2.05. The first-order valence-corrected chi connectivity index (χ1v) is 7.20. The summed E-state index contributed by atoms with van der Waals surface area (Å²) in [5.74, 6) is 0. The van der Waals surface area contributed by atoms with Gasteiger partial charge in [0.25, 0.3) is 0 Å². The van der Waals surface area contributed by atoms with Crippen molar-refractivity contribution in [2.75, 3.05) is 0 Å². The molecule has 2 nitrogen and oxygen atoms in total. The van der Waals surface area contributed by atoms with Crippen molar-refractivity contribution in [3.63, 3.8) is 0 Å². The molecule has 0 aliphatic carbocycles. The maximum atomic E-state index is 9.89. The summed E-state index contributed by atoms with van der Waals surface area (Å²) in [5.41, 5.74) is 0. The highest BCUT2D eigenvalue weighted by atomic mass is 16.1. The first kappa shape index (κ1) is 18.7. The van der Waals surface area contributed by atoms with Crippen molar-refractivity contribution in [3.8, 4) is 0 Å². The van der Waals surface area contributed by atoms with Crippen LogP contribution in [0.1, 0.15) is 84.5 Å². The van der Waals surface area contributed by atoms with Crippen LogP contribution < -0.4 is 0 Å². The fourth-order valence-corrected chi connectivity index (χ4v) is 1.49. The average molecular weight is 242 g/mol. The van der Waals surface area contributed by atoms with E-state index in [9.17, 15) is 9.59 Å². The molecule has 0 heterocycles. The molecule has 0 saturated heterocycles. The smallest absolute Gasteiger partial charge is 0.119 e. The Labute approximate surface area is 107 Å². The predicted octanol–water partition coefficient (Wildman–Crippen LogP) is 4.70. The summed E-state index contributed by atoms with van der Waals surface area (Å²) in [6.07, 6.45) is 14.6. The molecule has 0 aromatic carbocycles. The Kier molecular flexibility index (Phi) is 22.8. The molecule has 0 N–H and O–H groups in total. The van der Waals surface area contributed by atoms with Gasteiger partial charge in [-0.2, -0.15) is 0 Å². The predicted molar refractivity (Wildman–Crippen MR) is 74.3 cm³/mol. The number of hydrogen-bond acceptors (Lipinski definition) is 2. The van der Waals surface area contributed by atoms with E-state index in [1.165, 1.54) is 44.9 Å². The van der Waals surface area contributed by atoms with Crippen LogP contribution in [0.4, 0.5) is 0 Å². The summed E-state index contributed by atoms with van der Waals surface area (Å²) in [6, 6.07) is 0. The van der Waals surface area contributed by atoms with E-state index in [0.717, 1.165) is 38.3 Å². The van der Waals surface area contributed by atoms with Crippen LogP contribution in [-0.4, -0.2) is 12.6 Å². The lowest BCUT2D eigenvalue weighted by Crippen LogP contribution is -1.79. The van der Waals surface area contributed by atoms with E-state index < -0.39 is 0 Å². The number of rotatable bonds is 11. The maximum absolute atomic E-state index is 9.89. The number of aldehydes is 2. The molecule has 0 aliphatic rings. The van der Waals surface area contributed by atoms with Gasteiger partial charge in [0.2, 0.25) is 0 Å². The molecule has 0 atom stereocenters. The molecule has 0 unspecified atom stereocenters. The molecule has 0 radical (unpaired) electrons. The van der Waals surface area contributed by atoms with Gasteiger partial charge in [-0.25, -0.2) is 0 Å². The number of hydrogen-bond donors (Lipinski definition) is 0. The topological polar surface area (TPSA) is 34.1 Å². The van der Waals surface area contributed by atoms with Gasteiger partial charge in [-0.1, -0.05) is 58.8 Å². The van der Waals surface area contributed by atoms with Gasteiger partial charge in [0.05, 0.1) is 0 Å². The minimum atomic E-state index is 0.744. The summed E-state index contributed by atoms with van der Waals surface area (Å²) < 4.78 is 0. The molecule has 0 aromatic heterocycles. The highest BCUT2D eigenvalue weighted by molar-refractivity contribution is 5.49. The Morgan fingerprint density at radius 2 is 0.941 bits per heavy atom. The van der Waals surface area contributed by atoms with E-state index in [2.05, 4.69) is 13.8 Å². The monoisotopic (exact) mass is 242 g/mol. The van der Waals surface area contributed by atoms with Gasteiger partial charge in [0, 0.05) is 12.8 Å². The van der Waals surface area contributed by atoms with Crippen LogP contribution in [-0.2, 0) is 9.59 Å². The fraction of sp³-hybridized carbons (Fsp3) is 0.867. The number of carbonyl (C=O) groups excluding carboxylic acids is 2. The van der Waals surface area contributed by atoms with Gasteiger partial charge in [-0.05, 0) is 12.8 Å². The molecule has 0 aliphatic heterocycles. The van der Waals surface area contributed by atoms with Crippen molar-refractivity contribution in [1.29, 1.82) is 0 Å². The molecule has 2 heteroatoms. The van der Waals surface area contributed by atoms with Gasteiger partial charge in [-0.3, -0.25) is 0 Å². The third kappa shape index (κ3) is 25.5. The van der Waals surface area contributed by atoms with E-state index in [-0.39, 0.29) is 0 Å². The number of carbonyl (C=O) groups is 2. The van der Waals surface area contributed by atoms with Gasteiger partial charge in [-0.15, -0.1) is 0 Å². The lowest BCUT2D eigenvalue weighted by Gasteiger charge is -1.95. The van der Waals surface area contributed by atoms with Crippen LogP contribution in [0, 0.1) is 0 Å². The Balaban J connectivity index is 0. The van der Waals surface area contributed by atoms with Crippen molar-refractivity contribution in [2.45, 2.75) is 84.5 Å². The zero-order valence-corrected chi connectivity index (χ0v) is 11.7. The van der Waals surface area contributed by atoms with E-state index in [1.54, 1.807) is 0 Å². The molecule has 0 rings (SSSR count). The quantitative estimate of drug-likeness (QED) is 0.388. The van der Waals surface area contributed by atoms with Crippen LogP contribution >= 0.6 is 0 Å². The zero-order chi connectivity index (χ0) is 13.2. The standard InChI is InChI=1S/C9H18O.C6H12O/c1-2-3-4-5-6-7-8-9-10;1-2-3-4-5-6-7/h9H,2-8H2,1H3;6H,2-5H2,1H3. The first-order chi connectivity index (χ1) is 8.33. The Morgan fingerprint density at radius 1 is 0.588 bits per heavy atom. The zero-order valence-electron chi connectivity index (χ0n) is 11.7. The molecule has 102 valence electrons. The summed E-state index contributed by atoms with van der Waals surface area (Å²) in [4.78, 5) is 19.6. The normalized spacial score (nSPS) is 9.29. The van der Waals surface area contributed by atoms with Gasteiger partial charge in [0.15, 0.2) is 0 Å². The molecule has 0 spiro atoms. The van der Waals surface area contributed by atoms with Crippen LogP contribution in [0.3, 0.4) is 0 Å². The number of unbranched alkanes of at least 4 members (excludes halogenated alkanes) is 9. The van der Waals surface area contributed by atoms with Gasteiger partial charge < -0.3 is 9.59 Å². The fourth-order valence-electron chi connectivity index (χ4n) is 1.49. The summed E-state index contributed by atoms with van der Waals surface area (Å²) in [5, 5.41) is 0. The highest BCUT2D eigenvalue weighted by Gasteiger charge is 1.87. The SMILES string of the molecule is CCCCCC=O.CCCCCCCCC=O. The van der Waals surface area contributed by atoms with Crippen LogP contribution in [0.25, 0.3) is 0 Å². The van der Waals surface area contributed by atoms with E-state index in [4.69, 9.17) is 0 Å². The summed E-state index contributed by atoms with van der Waals surface area (Å²) in [6.45, 7) is 4.34. The van der Waals surface area contributed by atoms with Crippen molar-refractivity contribution >= 4 is 12.6 Å². The minimum Gasteiger partial charge on any atom is -0.303 e. The summed E-state index contributed by atoms with van der Waals surface area (Å²) in [7, 11) is 0. The largest absolute Gasteiger partial charge is 0.303 e. The third-order valence-electron chi connectivity index (χ3n) is 2.60. The lowest BCUT2D eigenvalue weighted by atomic mass is 10.1. The molecule has 0 fully saturated rings. The average Bonchev–Trinajstić information content (AvgIpc) is 2.35.